The molecule has 0 heteroatoms. The molecular weight excluding hydrogens is 120 g/mol. The van der Waals surface area contributed by atoms with Crippen LogP contribution in [0.3, 0.4) is 0 Å². The maximum atomic E-state index is 2.12. The van der Waals surface area contributed by atoms with Crippen LogP contribution in [0.1, 0.15) is 41.0 Å². The number of hydrogen-bond donors (Lipinski definition) is 0. The lowest BCUT2D eigenvalue weighted by atomic mass is 10.3. The summed E-state index contributed by atoms with van der Waals surface area (Å²) >= 11 is 0. The highest BCUT2D eigenvalue weighted by Crippen LogP contribution is 1.82. The van der Waals surface area contributed by atoms with Crippen LogP contribution in [0.5, 0.6) is 0 Å². The average Bonchev–Trinajstić information content (AvgIpc) is 1.91. The van der Waals surface area contributed by atoms with Gasteiger partial charge in [0, 0.05) is 0 Å². The van der Waals surface area contributed by atoms with E-state index in [0.717, 1.165) is 6.42 Å². The standard InChI is InChI=1S/2C5H10/c1-4-5(2)3;1-3-5-4-2/h4H,1-3H3;3,5H,4H2,1-2H3/b;5-3+. The molecule has 0 spiro atoms. The Balaban J connectivity index is 0. The maximum absolute atomic E-state index is 2.12. The molecule has 0 unspecified atom stereocenters. The third-order valence-electron chi connectivity index (χ3n) is 1.05. The topological polar surface area (TPSA) is 0 Å². The summed E-state index contributed by atoms with van der Waals surface area (Å²) < 4.78 is 0. The zero-order valence-corrected chi connectivity index (χ0v) is 7.94. The number of rotatable bonds is 1. The van der Waals surface area contributed by atoms with Crippen LogP contribution in [0.25, 0.3) is 0 Å². The molecule has 0 aliphatic rings. The summed E-state index contributed by atoms with van der Waals surface area (Å²) in [6.45, 7) is 10.4. The first-order valence-corrected chi connectivity index (χ1v) is 3.89. The first kappa shape index (κ1) is 12.2. The van der Waals surface area contributed by atoms with E-state index in [1.165, 1.54) is 5.57 Å². The number of hydrogen-bond acceptors (Lipinski definition) is 0. The van der Waals surface area contributed by atoms with Crippen molar-refractivity contribution in [3.63, 3.8) is 0 Å². The molecule has 0 amide bonds. The van der Waals surface area contributed by atoms with Crippen LogP contribution in [0.15, 0.2) is 23.8 Å². The first-order valence-electron chi connectivity index (χ1n) is 3.89. The third kappa shape index (κ3) is 25.9. The van der Waals surface area contributed by atoms with Crippen molar-refractivity contribution in [3.05, 3.63) is 23.8 Å². The van der Waals surface area contributed by atoms with Gasteiger partial charge >= 0.3 is 0 Å². The van der Waals surface area contributed by atoms with E-state index in [-0.39, 0.29) is 0 Å². The molecule has 0 radical (unpaired) electrons. The van der Waals surface area contributed by atoms with Crippen molar-refractivity contribution in [3.8, 4) is 0 Å². The Kier molecular flexibility index (Phi) is 13.8. The zero-order valence-electron chi connectivity index (χ0n) is 7.94. The van der Waals surface area contributed by atoms with E-state index in [4.69, 9.17) is 0 Å². The molecule has 0 fully saturated rings. The van der Waals surface area contributed by atoms with Crippen LogP contribution >= 0.6 is 0 Å². The van der Waals surface area contributed by atoms with Gasteiger partial charge in [-0.05, 0) is 34.1 Å². The Morgan fingerprint density at radius 3 is 1.60 bits per heavy atom. The summed E-state index contributed by atoms with van der Waals surface area (Å²) in [5, 5.41) is 0. The van der Waals surface area contributed by atoms with Gasteiger partial charge < -0.3 is 0 Å². The van der Waals surface area contributed by atoms with Gasteiger partial charge in [0.05, 0.1) is 0 Å². The van der Waals surface area contributed by atoms with Gasteiger partial charge in [-0.15, -0.1) is 0 Å². The van der Waals surface area contributed by atoms with Crippen LogP contribution in [0, 0.1) is 0 Å². The van der Waals surface area contributed by atoms with Gasteiger partial charge in [-0.3, -0.25) is 0 Å². The molecule has 0 aromatic carbocycles. The largest absolute Gasteiger partial charge is 0.0917 e. The normalized spacial score (nSPS) is 8.50. The second kappa shape index (κ2) is 11.3. The van der Waals surface area contributed by atoms with Crippen molar-refractivity contribution in [1.82, 2.24) is 0 Å². The van der Waals surface area contributed by atoms with E-state index >= 15 is 0 Å². The molecule has 0 aromatic heterocycles. The van der Waals surface area contributed by atoms with Gasteiger partial charge in [-0.25, -0.2) is 0 Å². The molecule has 0 heterocycles. The molecule has 0 aromatic rings. The predicted molar refractivity (Wildman–Crippen MR) is 50.2 cm³/mol. The van der Waals surface area contributed by atoms with Crippen molar-refractivity contribution in [2.45, 2.75) is 41.0 Å². The van der Waals surface area contributed by atoms with Crippen LogP contribution in [0.4, 0.5) is 0 Å². The predicted octanol–water partition coefficient (Wildman–Crippen LogP) is 3.95. The van der Waals surface area contributed by atoms with Crippen molar-refractivity contribution in [2.75, 3.05) is 0 Å². The second-order valence-electron chi connectivity index (χ2n) is 2.34. The van der Waals surface area contributed by atoms with E-state index in [0.29, 0.717) is 0 Å². The summed E-state index contributed by atoms with van der Waals surface area (Å²) in [5.41, 5.74) is 1.38. The van der Waals surface area contributed by atoms with E-state index in [1.807, 2.05) is 13.8 Å². The molecular formula is C10H20. The Bertz CT molecular complexity index is 92.6. The minimum atomic E-state index is 1.16. The highest BCUT2D eigenvalue weighted by atomic mass is 13.7. The molecule has 0 nitrogen and oxygen atoms in total. The fraction of sp³-hybridized carbons (Fsp3) is 0.600. The van der Waals surface area contributed by atoms with Gasteiger partial charge in [0.15, 0.2) is 0 Å². The van der Waals surface area contributed by atoms with E-state index in [9.17, 15) is 0 Å². The highest BCUT2D eigenvalue weighted by molar-refractivity contribution is 4.88. The lowest BCUT2D eigenvalue weighted by Crippen LogP contribution is -1.52. The molecule has 0 atom stereocenters. The molecule has 0 aliphatic carbocycles. The van der Waals surface area contributed by atoms with Crippen molar-refractivity contribution >= 4 is 0 Å². The molecule has 0 N–H and O–H groups in total. The monoisotopic (exact) mass is 140 g/mol. The number of allylic oxidation sites excluding steroid dienone is 4. The van der Waals surface area contributed by atoms with Gasteiger partial charge in [-0.2, -0.15) is 0 Å². The van der Waals surface area contributed by atoms with Crippen LogP contribution < -0.4 is 0 Å². The van der Waals surface area contributed by atoms with Crippen molar-refractivity contribution in [2.24, 2.45) is 0 Å². The van der Waals surface area contributed by atoms with Crippen LogP contribution in [-0.4, -0.2) is 0 Å². The minimum Gasteiger partial charge on any atom is -0.0917 e. The Labute approximate surface area is 65.7 Å². The molecule has 0 saturated carbocycles. The average molecular weight is 140 g/mol. The van der Waals surface area contributed by atoms with Gasteiger partial charge in [-0.1, -0.05) is 30.7 Å². The maximum Gasteiger partial charge on any atom is -0.0379 e. The Morgan fingerprint density at radius 2 is 1.60 bits per heavy atom. The Morgan fingerprint density at radius 1 is 1.20 bits per heavy atom. The SMILES string of the molecule is C/C=C/CC.CC=C(C)C. The molecule has 60 valence electrons. The van der Waals surface area contributed by atoms with Crippen molar-refractivity contribution < 1.29 is 0 Å². The lowest BCUT2D eigenvalue weighted by Gasteiger charge is -1.74. The Hall–Kier alpha value is -0.520. The zero-order chi connectivity index (χ0) is 8.41. The molecule has 0 saturated heterocycles. The second-order valence-corrected chi connectivity index (χ2v) is 2.34. The quantitative estimate of drug-likeness (QED) is 0.484. The highest BCUT2D eigenvalue weighted by Gasteiger charge is 1.60. The van der Waals surface area contributed by atoms with E-state index in [1.54, 1.807) is 0 Å². The third-order valence-corrected chi connectivity index (χ3v) is 1.05. The summed E-state index contributed by atoms with van der Waals surface area (Å²) in [6, 6.07) is 0. The smallest absolute Gasteiger partial charge is 0.0379 e. The first-order chi connectivity index (χ1) is 4.68. The molecule has 0 rings (SSSR count). The van der Waals surface area contributed by atoms with Crippen LogP contribution in [-0.2, 0) is 0 Å². The summed E-state index contributed by atoms with van der Waals surface area (Å²) in [4.78, 5) is 0. The lowest BCUT2D eigenvalue weighted by molar-refractivity contribution is 1.22. The van der Waals surface area contributed by atoms with Crippen LogP contribution in [0.2, 0.25) is 0 Å². The summed E-state index contributed by atoms with van der Waals surface area (Å²) in [6.07, 6.45) is 7.43. The fourth-order valence-corrected chi connectivity index (χ4v) is 0.236. The fourth-order valence-electron chi connectivity index (χ4n) is 0.236. The van der Waals surface area contributed by atoms with Gasteiger partial charge in [0.2, 0.25) is 0 Å². The minimum absolute atomic E-state index is 1.16. The van der Waals surface area contributed by atoms with Gasteiger partial charge in [0.25, 0.3) is 0 Å². The molecule has 10 heavy (non-hydrogen) atoms. The summed E-state index contributed by atoms with van der Waals surface area (Å²) in [5.74, 6) is 0. The van der Waals surface area contributed by atoms with E-state index in [2.05, 4.69) is 39.0 Å². The van der Waals surface area contributed by atoms with E-state index < -0.39 is 0 Å². The molecule has 0 bridgehead atoms. The summed E-state index contributed by atoms with van der Waals surface area (Å²) in [7, 11) is 0. The van der Waals surface area contributed by atoms with Crippen molar-refractivity contribution in [1.29, 1.82) is 0 Å². The molecule has 0 aliphatic heterocycles. The van der Waals surface area contributed by atoms with Gasteiger partial charge in [0.1, 0.15) is 0 Å².